The molecule has 0 radical (unpaired) electrons. The number of hydrazone groups is 1. The highest BCUT2D eigenvalue weighted by Gasteiger charge is 2.37. The molecule has 3 aliphatic heterocycles. The zero-order valence-corrected chi connectivity index (χ0v) is 23.7. The average molecular weight is 526 g/mol. The molecule has 0 atom stereocenters. The molecule has 10 nitrogen and oxygen atoms in total. The molecule has 0 aromatic carbocycles. The van der Waals surface area contributed by atoms with Gasteiger partial charge in [0, 0.05) is 25.8 Å². The standard InChI is InChI=1S/C28H47N9O/c1-5-6-13-37-32-26(29)25(30-4)27(33-37)36(21-38)20-24-8-7-23(18-31-24)19-34-14-9-28(10-15-34)11-16-35(17-12-28)22(2)3/h7-8,18,21-22,30,33H,5-6,9-17,19-20H2,1-4H3,(H2,29,32). The fourth-order valence-corrected chi connectivity index (χ4v) is 5.82. The van der Waals surface area contributed by atoms with Crippen LogP contribution in [0.1, 0.15) is 70.6 Å². The summed E-state index contributed by atoms with van der Waals surface area (Å²) in [4.78, 5) is 23.6. The summed E-state index contributed by atoms with van der Waals surface area (Å²) in [6.07, 6.45) is 10.1. The molecule has 3 aliphatic rings. The van der Waals surface area contributed by atoms with Crippen LogP contribution in [0, 0.1) is 5.41 Å². The molecule has 0 unspecified atom stereocenters. The van der Waals surface area contributed by atoms with E-state index in [2.05, 4.69) is 52.5 Å². The van der Waals surface area contributed by atoms with E-state index in [1.54, 1.807) is 17.1 Å². The minimum absolute atomic E-state index is 0.339. The molecule has 0 bridgehead atoms. The summed E-state index contributed by atoms with van der Waals surface area (Å²) in [6.45, 7) is 13.5. The van der Waals surface area contributed by atoms with E-state index in [4.69, 9.17) is 10.7 Å². The second-order valence-corrected chi connectivity index (χ2v) is 11.3. The van der Waals surface area contributed by atoms with E-state index >= 15 is 0 Å². The Kier molecular flexibility index (Phi) is 9.49. The Bertz CT molecular complexity index is 973. The Labute approximate surface area is 228 Å². The summed E-state index contributed by atoms with van der Waals surface area (Å²) in [5, 5.41) is 9.15. The Morgan fingerprint density at radius 1 is 1.18 bits per heavy atom. The minimum atomic E-state index is 0.339. The van der Waals surface area contributed by atoms with Crippen molar-refractivity contribution < 1.29 is 4.79 Å². The molecule has 2 fully saturated rings. The lowest BCUT2D eigenvalue weighted by Crippen LogP contribution is -2.49. The van der Waals surface area contributed by atoms with Gasteiger partial charge in [0.2, 0.25) is 6.41 Å². The third-order valence-corrected chi connectivity index (χ3v) is 8.47. The molecule has 4 rings (SSSR count). The van der Waals surface area contributed by atoms with Gasteiger partial charge in [0.25, 0.3) is 0 Å². The van der Waals surface area contributed by atoms with Crippen LogP contribution in [0.15, 0.2) is 34.9 Å². The summed E-state index contributed by atoms with van der Waals surface area (Å²) in [5.41, 5.74) is 12.6. The van der Waals surface area contributed by atoms with Crippen molar-refractivity contribution in [3.8, 4) is 0 Å². The molecule has 1 spiro atoms. The van der Waals surface area contributed by atoms with Crippen LogP contribution in [0.5, 0.6) is 0 Å². The molecule has 10 heteroatoms. The Hall–Kier alpha value is -2.85. The summed E-state index contributed by atoms with van der Waals surface area (Å²) < 4.78 is 0. The van der Waals surface area contributed by atoms with Gasteiger partial charge in [-0.2, -0.15) is 0 Å². The van der Waals surface area contributed by atoms with Gasteiger partial charge in [0.15, 0.2) is 11.7 Å². The highest BCUT2D eigenvalue weighted by atomic mass is 16.1. The van der Waals surface area contributed by atoms with Gasteiger partial charge < -0.3 is 16.0 Å². The number of likely N-dealkylation sites (tertiary alicyclic amines) is 2. The largest absolute Gasteiger partial charge is 0.382 e. The molecular formula is C28H47N9O. The number of nitrogens with two attached hydrogens (primary N) is 1. The zero-order chi connectivity index (χ0) is 27.1. The van der Waals surface area contributed by atoms with Crippen molar-refractivity contribution in [1.29, 1.82) is 0 Å². The molecule has 210 valence electrons. The normalized spacial score (nSPS) is 20.4. The lowest BCUT2D eigenvalue weighted by Gasteiger charge is -2.47. The lowest BCUT2D eigenvalue weighted by molar-refractivity contribution is -0.117. The third-order valence-electron chi connectivity index (χ3n) is 8.47. The van der Waals surface area contributed by atoms with E-state index in [1.165, 1.54) is 44.3 Å². The van der Waals surface area contributed by atoms with E-state index in [0.717, 1.165) is 44.6 Å². The minimum Gasteiger partial charge on any atom is -0.382 e. The smallest absolute Gasteiger partial charge is 0.215 e. The van der Waals surface area contributed by atoms with Crippen LogP contribution in [0.25, 0.3) is 0 Å². The van der Waals surface area contributed by atoms with Crippen molar-refractivity contribution in [3.63, 3.8) is 0 Å². The number of aromatic nitrogens is 1. The number of carbonyl (C=O) groups is 1. The molecule has 4 heterocycles. The summed E-state index contributed by atoms with van der Waals surface area (Å²) in [7, 11) is 1.77. The van der Waals surface area contributed by atoms with Gasteiger partial charge >= 0.3 is 0 Å². The number of hydrogen-bond acceptors (Lipinski definition) is 9. The molecule has 1 aromatic heterocycles. The van der Waals surface area contributed by atoms with E-state index in [1.807, 2.05) is 12.3 Å². The van der Waals surface area contributed by atoms with Crippen LogP contribution in [0.4, 0.5) is 0 Å². The predicted octanol–water partition coefficient (Wildman–Crippen LogP) is 2.41. The fourth-order valence-electron chi connectivity index (χ4n) is 5.82. The Morgan fingerprint density at radius 2 is 1.89 bits per heavy atom. The van der Waals surface area contributed by atoms with E-state index in [0.29, 0.717) is 41.9 Å². The van der Waals surface area contributed by atoms with Gasteiger partial charge in [0.05, 0.1) is 18.8 Å². The van der Waals surface area contributed by atoms with Crippen LogP contribution in [0.2, 0.25) is 0 Å². The van der Waals surface area contributed by atoms with Gasteiger partial charge in [-0.25, -0.2) is 5.12 Å². The predicted molar refractivity (Wildman–Crippen MR) is 151 cm³/mol. The molecule has 1 amide bonds. The number of nitrogens with one attached hydrogen (secondary N) is 2. The number of hydrazine groups is 1. The summed E-state index contributed by atoms with van der Waals surface area (Å²) >= 11 is 0. The second-order valence-electron chi connectivity index (χ2n) is 11.3. The molecule has 0 aliphatic carbocycles. The number of carbonyl (C=O) groups excluding carboxylic acids is 1. The Balaban J connectivity index is 1.32. The number of unbranched alkanes of at least 4 members (excludes halogenated alkanes) is 1. The topological polar surface area (TPSA) is 105 Å². The maximum Gasteiger partial charge on any atom is 0.215 e. The van der Waals surface area contributed by atoms with Crippen molar-refractivity contribution >= 4 is 12.2 Å². The van der Waals surface area contributed by atoms with Gasteiger partial charge in [0.1, 0.15) is 5.70 Å². The number of pyridine rings is 1. The van der Waals surface area contributed by atoms with Gasteiger partial charge in [-0.05, 0) is 89.2 Å². The van der Waals surface area contributed by atoms with Crippen LogP contribution < -0.4 is 16.5 Å². The van der Waals surface area contributed by atoms with Gasteiger partial charge in [-0.1, -0.05) is 19.4 Å². The van der Waals surface area contributed by atoms with Crippen LogP contribution in [0.3, 0.4) is 0 Å². The van der Waals surface area contributed by atoms with Gasteiger partial charge in [-0.3, -0.25) is 25.0 Å². The molecule has 38 heavy (non-hydrogen) atoms. The van der Waals surface area contributed by atoms with E-state index < -0.39 is 0 Å². The summed E-state index contributed by atoms with van der Waals surface area (Å²) in [6, 6.07) is 4.82. The van der Waals surface area contributed by atoms with Crippen molar-refractivity contribution in [2.75, 3.05) is 39.8 Å². The van der Waals surface area contributed by atoms with E-state index in [-0.39, 0.29) is 0 Å². The van der Waals surface area contributed by atoms with E-state index in [9.17, 15) is 4.79 Å². The summed E-state index contributed by atoms with van der Waals surface area (Å²) in [5.74, 6) is 0.930. The van der Waals surface area contributed by atoms with Crippen molar-refractivity contribution in [1.82, 2.24) is 35.5 Å². The number of amides is 1. The van der Waals surface area contributed by atoms with Crippen LogP contribution in [-0.4, -0.2) is 82.9 Å². The quantitative estimate of drug-likeness (QED) is 0.379. The molecule has 0 saturated carbocycles. The van der Waals surface area contributed by atoms with Crippen LogP contribution in [-0.2, 0) is 17.9 Å². The maximum absolute atomic E-state index is 12.1. The van der Waals surface area contributed by atoms with Crippen molar-refractivity contribution in [2.24, 2.45) is 16.3 Å². The highest BCUT2D eigenvalue weighted by molar-refractivity contribution is 5.97. The first-order valence-corrected chi connectivity index (χ1v) is 14.3. The van der Waals surface area contributed by atoms with Crippen molar-refractivity contribution in [2.45, 2.75) is 78.4 Å². The number of amidine groups is 1. The first-order valence-electron chi connectivity index (χ1n) is 14.3. The molecule has 4 N–H and O–H groups in total. The highest BCUT2D eigenvalue weighted by Crippen LogP contribution is 2.41. The van der Waals surface area contributed by atoms with Gasteiger partial charge in [-0.15, -0.1) is 5.10 Å². The number of piperidine rings is 2. The molecule has 2 saturated heterocycles. The van der Waals surface area contributed by atoms with Crippen LogP contribution >= 0.6 is 0 Å². The second kappa shape index (κ2) is 12.8. The first kappa shape index (κ1) is 28.2. The number of rotatable bonds is 11. The molecule has 1 aromatic rings. The van der Waals surface area contributed by atoms with Crippen molar-refractivity contribution in [3.05, 3.63) is 41.1 Å². The average Bonchev–Trinajstić information content (AvgIpc) is 2.93. The molecular weight excluding hydrogens is 478 g/mol. The SMILES string of the molecule is CCCCN1N=C(N)C(NC)=C(N(C=O)Cc2ccc(CN3CCC4(CC3)CCN(C(C)C)CC4)cn2)N1. The first-order chi connectivity index (χ1) is 18.4. The monoisotopic (exact) mass is 525 g/mol. The maximum atomic E-state index is 12.1. The lowest BCUT2D eigenvalue weighted by atomic mass is 9.71. The zero-order valence-electron chi connectivity index (χ0n) is 23.7. The number of hydrogen-bond donors (Lipinski definition) is 3. The third kappa shape index (κ3) is 6.77. The number of nitrogens with zero attached hydrogens (tertiary/aromatic N) is 6. The fraction of sp³-hybridized carbons (Fsp3) is 0.679. The number of likely N-dealkylation sites (N-methyl/N-ethyl adjacent to an activating group) is 1. The Morgan fingerprint density at radius 3 is 2.47 bits per heavy atom.